The Morgan fingerprint density at radius 1 is 1.14 bits per heavy atom. The second kappa shape index (κ2) is 10.3. The molecule has 0 radical (unpaired) electrons. The summed E-state index contributed by atoms with van der Waals surface area (Å²) < 4.78 is 48.4. The zero-order valence-corrected chi connectivity index (χ0v) is 21.6. The minimum Gasteiger partial charge on any atom is -0.479 e. The summed E-state index contributed by atoms with van der Waals surface area (Å²) in [7, 11) is 0. The second-order valence-electron chi connectivity index (χ2n) is 11.0. The first-order chi connectivity index (χ1) is 17.3. The highest BCUT2D eigenvalue weighted by molar-refractivity contribution is 5.78. The van der Waals surface area contributed by atoms with Gasteiger partial charge in [0.2, 0.25) is 0 Å². The Morgan fingerprint density at radius 2 is 1.81 bits per heavy atom. The summed E-state index contributed by atoms with van der Waals surface area (Å²) in [6.45, 7) is 8.90. The molecule has 0 aliphatic carbocycles. The molecule has 0 aromatic heterocycles. The van der Waals surface area contributed by atoms with Crippen molar-refractivity contribution in [3.05, 3.63) is 29.3 Å². The molecule has 3 heterocycles. The predicted octanol–water partition coefficient (Wildman–Crippen LogP) is 4.05. The number of morpholine rings is 1. The number of likely N-dealkylation sites (tertiary alicyclic amines) is 2. The van der Waals surface area contributed by atoms with E-state index in [1.54, 1.807) is 6.92 Å². The zero-order chi connectivity index (χ0) is 27.0. The van der Waals surface area contributed by atoms with Gasteiger partial charge in [-0.15, -0.1) is 0 Å². The second-order valence-corrected chi connectivity index (χ2v) is 11.0. The van der Waals surface area contributed by atoms with Crippen molar-refractivity contribution < 1.29 is 37.3 Å². The van der Waals surface area contributed by atoms with Crippen LogP contribution in [0.5, 0.6) is 0 Å². The number of amides is 1. The standard InChI is InChI=1S/C26H36F3N3O5/c1-18-4-5-20(21(14-18)32-12-13-36-24(3,16-32)22(33)34)15-30-9-6-25(17-30)7-10-31(11-8-25)23(35)37-19(2)26(27,28)29/h4-5,14,19H,6-13,15-17H2,1-3H3,(H,33,34). The van der Waals surface area contributed by atoms with Crippen LogP contribution in [0.25, 0.3) is 0 Å². The Balaban J connectivity index is 1.37. The Kier molecular flexibility index (Phi) is 7.67. The van der Waals surface area contributed by atoms with E-state index in [1.807, 2.05) is 6.92 Å². The van der Waals surface area contributed by atoms with E-state index in [1.165, 1.54) is 4.90 Å². The summed E-state index contributed by atoms with van der Waals surface area (Å²) in [6, 6.07) is 6.26. The molecule has 1 spiro atoms. The number of nitrogens with zero attached hydrogens (tertiary/aromatic N) is 3. The zero-order valence-electron chi connectivity index (χ0n) is 21.6. The number of ether oxygens (including phenoxy) is 2. The van der Waals surface area contributed by atoms with Gasteiger partial charge in [0, 0.05) is 38.4 Å². The lowest BCUT2D eigenvalue weighted by atomic mass is 9.78. The van der Waals surface area contributed by atoms with Gasteiger partial charge in [0.15, 0.2) is 11.7 Å². The maximum atomic E-state index is 12.7. The molecule has 37 heavy (non-hydrogen) atoms. The van der Waals surface area contributed by atoms with Gasteiger partial charge in [-0.25, -0.2) is 9.59 Å². The Hall–Kier alpha value is -2.53. The van der Waals surface area contributed by atoms with E-state index in [0.29, 0.717) is 32.8 Å². The molecule has 3 aliphatic rings. The molecule has 2 atom stereocenters. The molecule has 0 bridgehead atoms. The minimum absolute atomic E-state index is 0.0259. The van der Waals surface area contributed by atoms with E-state index in [4.69, 9.17) is 4.74 Å². The fourth-order valence-electron chi connectivity index (χ4n) is 5.57. The summed E-state index contributed by atoms with van der Waals surface area (Å²) in [6.07, 6.45) is -5.19. The van der Waals surface area contributed by atoms with Crippen LogP contribution in [0, 0.1) is 12.3 Å². The normalized spacial score (nSPS) is 25.4. The molecular formula is C26H36F3N3O5. The molecule has 1 N–H and O–H groups in total. The summed E-state index contributed by atoms with van der Waals surface area (Å²) >= 11 is 0. The van der Waals surface area contributed by atoms with E-state index in [9.17, 15) is 27.9 Å². The first-order valence-electron chi connectivity index (χ1n) is 12.8. The van der Waals surface area contributed by atoms with E-state index < -0.39 is 29.9 Å². The molecule has 1 aromatic rings. The number of halogens is 3. The lowest BCUT2D eigenvalue weighted by Gasteiger charge is -2.40. The smallest absolute Gasteiger partial charge is 0.425 e. The van der Waals surface area contributed by atoms with Crippen molar-refractivity contribution in [2.24, 2.45) is 5.41 Å². The number of hydrogen-bond acceptors (Lipinski definition) is 6. The van der Waals surface area contributed by atoms with Crippen LogP contribution < -0.4 is 4.90 Å². The third-order valence-electron chi connectivity index (χ3n) is 8.04. The Labute approximate surface area is 215 Å². The number of benzene rings is 1. The van der Waals surface area contributed by atoms with Gasteiger partial charge in [0.05, 0.1) is 13.2 Å². The number of piperidine rings is 1. The number of carbonyl (C=O) groups is 2. The molecule has 1 amide bonds. The van der Waals surface area contributed by atoms with E-state index in [0.717, 1.165) is 56.1 Å². The molecule has 0 saturated carbocycles. The van der Waals surface area contributed by atoms with Gasteiger partial charge in [0.1, 0.15) is 0 Å². The molecule has 8 nitrogen and oxygen atoms in total. The molecule has 3 fully saturated rings. The largest absolute Gasteiger partial charge is 0.479 e. The van der Waals surface area contributed by atoms with Crippen molar-refractivity contribution in [1.29, 1.82) is 0 Å². The first-order valence-corrected chi connectivity index (χ1v) is 12.8. The number of anilines is 1. The highest BCUT2D eigenvalue weighted by atomic mass is 19.4. The summed E-state index contributed by atoms with van der Waals surface area (Å²) in [5.41, 5.74) is 2.01. The fourth-order valence-corrected chi connectivity index (χ4v) is 5.57. The van der Waals surface area contributed by atoms with Crippen LogP contribution in [0.1, 0.15) is 44.2 Å². The van der Waals surface area contributed by atoms with Gasteiger partial charge < -0.3 is 24.4 Å². The predicted molar refractivity (Wildman–Crippen MR) is 131 cm³/mol. The lowest BCUT2D eigenvalue weighted by molar-refractivity contribution is -0.200. The topological polar surface area (TPSA) is 82.5 Å². The number of aliphatic carboxylic acids is 1. The van der Waals surface area contributed by atoms with Crippen LogP contribution >= 0.6 is 0 Å². The average Bonchev–Trinajstić information content (AvgIpc) is 3.21. The van der Waals surface area contributed by atoms with Crippen molar-refractivity contribution in [2.45, 2.75) is 64.5 Å². The third-order valence-corrected chi connectivity index (χ3v) is 8.04. The molecule has 4 rings (SSSR count). The number of aryl methyl sites for hydroxylation is 1. The molecule has 11 heteroatoms. The minimum atomic E-state index is -4.57. The highest BCUT2D eigenvalue weighted by Crippen LogP contribution is 2.42. The van der Waals surface area contributed by atoms with Crippen LogP contribution in [0.15, 0.2) is 18.2 Å². The van der Waals surface area contributed by atoms with Gasteiger partial charge in [-0.05, 0) is 69.2 Å². The molecule has 1 aromatic carbocycles. The van der Waals surface area contributed by atoms with Crippen molar-refractivity contribution in [3.8, 4) is 0 Å². The van der Waals surface area contributed by atoms with Crippen LogP contribution in [-0.2, 0) is 20.8 Å². The maximum Gasteiger partial charge on any atom is 0.425 e. The van der Waals surface area contributed by atoms with E-state index >= 15 is 0 Å². The number of hydrogen-bond donors (Lipinski definition) is 1. The number of carboxylic acid groups (broad SMARTS) is 1. The lowest BCUT2D eigenvalue weighted by Crippen LogP contribution is -2.55. The van der Waals surface area contributed by atoms with Gasteiger partial charge in [-0.1, -0.05) is 12.1 Å². The van der Waals surface area contributed by atoms with Crippen molar-refractivity contribution >= 4 is 17.7 Å². The third kappa shape index (κ3) is 6.14. The van der Waals surface area contributed by atoms with Gasteiger partial charge in [-0.3, -0.25) is 4.90 Å². The quantitative estimate of drug-likeness (QED) is 0.619. The fraction of sp³-hybridized carbons (Fsp3) is 0.692. The van der Waals surface area contributed by atoms with E-state index in [2.05, 4.69) is 32.7 Å². The van der Waals surface area contributed by atoms with Crippen molar-refractivity contribution in [2.75, 3.05) is 50.8 Å². The van der Waals surface area contributed by atoms with Crippen molar-refractivity contribution in [1.82, 2.24) is 9.80 Å². The molecule has 3 saturated heterocycles. The summed E-state index contributed by atoms with van der Waals surface area (Å²) in [5, 5.41) is 9.65. The van der Waals surface area contributed by atoms with Crippen molar-refractivity contribution in [3.63, 3.8) is 0 Å². The summed E-state index contributed by atoms with van der Waals surface area (Å²) in [4.78, 5) is 29.8. The van der Waals surface area contributed by atoms with Crippen LogP contribution in [0.3, 0.4) is 0 Å². The molecule has 3 aliphatic heterocycles. The van der Waals surface area contributed by atoms with E-state index in [-0.39, 0.29) is 12.0 Å². The van der Waals surface area contributed by atoms with Gasteiger partial charge in [0.25, 0.3) is 0 Å². The summed E-state index contributed by atoms with van der Waals surface area (Å²) in [5.74, 6) is -0.976. The average molecular weight is 528 g/mol. The Morgan fingerprint density at radius 3 is 2.46 bits per heavy atom. The highest BCUT2D eigenvalue weighted by Gasteiger charge is 2.44. The van der Waals surface area contributed by atoms with Gasteiger partial charge >= 0.3 is 18.2 Å². The monoisotopic (exact) mass is 527 g/mol. The molecule has 2 unspecified atom stereocenters. The number of carbonyl (C=O) groups excluding carboxylic acids is 1. The van der Waals surface area contributed by atoms with Gasteiger partial charge in [-0.2, -0.15) is 13.2 Å². The molecule has 206 valence electrons. The number of rotatable bonds is 5. The van der Waals surface area contributed by atoms with Crippen LogP contribution in [-0.4, -0.2) is 90.7 Å². The van der Waals surface area contributed by atoms with Crippen LogP contribution in [0.2, 0.25) is 0 Å². The number of carboxylic acids is 1. The Bertz CT molecular complexity index is 1010. The van der Waals surface area contributed by atoms with Crippen LogP contribution in [0.4, 0.5) is 23.7 Å². The first kappa shape index (κ1) is 27.5. The SMILES string of the molecule is Cc1ccc(CN2CCC3(CCN(C(=O)OC(C)C(F)(F)F)CC3)C2)c(N2CCOC(C)(C(=O)O)C2)c1. The number of alkyl halides is 3. The molecular weight excluding hydrogens is 491 g/mol. The maximum absolute atomic E-state index is 12.7.